The van der Waals surface area contributed by atoms with Gasteiger partial charge in [-0.1, -0.05) is 273 Å². The molecule has 0 saturated heterocycles. The van der Waals surface area contributed by atoms with Crippen LogP contribution in [0.2, 0.25) is 0 Å². The maximum Gasteiger partial charge on any atom is 0.0713 e. The van der Waals surface area contributed by atoms with E-state index < -0.39 is 5.41 Å². The van der Waals surface area contributed by atoms with E-state index in [4.69, 9.17) is 0 Å². The summed E-state index contributed by atoms with van der Waals surface area (Å²) in [6, 6.07) is 127. The summed E-state index contributed by atoms with van der Waals surface area (Å²) in [5, 5.41) is 2.51. The molecule has 0 spiro atoms. The predicted molar refractivity (Wildman–Crippen MR) is 354 cm³/mol. The normalized spacial score (nSPS) is 12.1. The summed E-state index contributed by atoms with van der Waals surface area (Å²) in [5.74, 6) is 0. The second kappa shape index (κ2) is 21.6. The lowest BCUT2D eigenvalue weighted by atomic mass is 9.67. The monoisotopic (exact) mass is 1070 g/mol. The van der Waals surface area contributed by atoms with Crippen molar-refractivity contribution in [3.63, 3.8) is 0 Å². The summed E-state index contributed by atoms with van der Waals surface area (Å²) >= 11 is 0. The van der Waals surface area contributed by atoms with Gasteiger partial charge in [-0.3, -0.25) is 0 Å². The van der Waals surface area contributed by atoms with Crippen molar-refractivity contribution >= 4 is 27.8 Å². The van der Waals surface area contributed by atoms with Gasteiger partial charge in [-0.25, -0.2) is 0 Å². The molecule has 0 N–H and O–H groups in total. The van der Waals surface area contributed by atoms with Crippen LogP contribution in [0.4, 0.5) is 17.1 Å². The van der Waals surface area contributed by atoms with Crippen molar-refractivity contribution in [1.29, 1.82) is 0 Å². The van der Waals surface area contributed by atoms with Crippen LogP contribution in [0.25, 0.3) is 99.8 Å². The molecule has 0 saturated carbocycles. The number of benzene rings is 14. The fraction of sp³-hybridized carbons (Fsp3) is 0.0120. The van der Waals surface area contributed by atoms with Gasteiger partial charge < -0.3 is 4.90 Å². The zero-order valence-corrected chi connectivity index (χ0v) is 46.4. The first kappa shape index (κ1) is 50.1. The standard InChI is InChI=1S/C83H57N/c1-5-18-58(19-6-1)71-54-72(59-20-7-2-8-21-59)56-73(55-71)65-42-49-78(50-43-65)84(76-45-38-62(39-46-76)61-32-34-63(35-33-61)67-24-17-25-68(52-67)69-37-36-60-22-13-14-23-66(60)53-69)77-47-40-64(41-48-77)70-44-51-80-79-30-15-16-31-81(79)83(82(80)57-70,74-26-9-3-10-27-74)75-28-11-4-12-29-75/h1-57H. The smallest absolute Gasteiger partial charge is 0.0713 e. The minimum absolute atomic E-state index is 0.474. The first-order valence-electron chi connectivity index (χ1n) is 29.0. The van der Waals surface area contributed by atoms with Gasteiger partial charge in [0.25, 0.3) is 0 Å². The largest absolute Gasteiger partial charge is 0.311 e. The number of hydrogen-bond donors (Lipinski definition) is 0. The Bertz CT molecular complexity index is 4550. The predicted octanol–water partition coefficient (Wildman–Crippen LogP) is 22.3. The molecule has 0 fully saturated rings. The molecule has 1 aliphatic rings. The van der Waals surface area contributed by atoms with Crippen LogP contribution in [0.3, 0.4) is 0 Å². The molecule has 0 atom stereocenters. The molecule has 0 heterocycles. The lowest BCUT2D eigenvalue weighted by molar-refractivity contribution is 0.769. The van der Waals surface area contributed by atoms with Crippen molar-refractivity contribution in [2.75, 3.05) is 4.90 Å². The van der Waals surface area contributed by atoms with Crippen molar-refractivity contribution in [2.24, 2.45) is 0 Å². The van der Waals surface area contributed by atoms with E-state index in [1.807, 2.05) is 0 Å². The maximum atomic E-state index is 2.45. The van der Waals surface area contributed by atoms with Gasteiger partial charge in [0.15, 0.2) is 0 Å². The van der Waals surface area contributed by atoms with E-state index in [2.05, 4.69) is 351 Å². The Morgan fingerprint density at radius 3 is 1.02 bits per heavy atom. The molecular weight excluding hydrogens is 1010 g/mol. The van der Waals surface area contributed by atoms with Crippen LogP contribution < -0.4 is 4.90 Å². The molecular formula is C83H57N. The Morgan fingerprint density at radius 1 is 0.179 bits per heavy atom. The second-order valence-electron chi connectivity index (χ2n) is 22.0. The van der Waals surface area contributed by atoms with E-state index in [9.17, 15) is 0 Å². The Hall–Kier alpha value is -10.9. The molecule has 0 aromatic heterocycles. The van der Waals surface area contributed by atoms with Crippen LogP contribution in [-0.2, 0) is 5.41 Å². The molecule has 0 radical (unpaired) electrons. The molecule has 14 aromatic carbocycles. The third kappa shape index (κ3) is 9.19. The van der Waals surface area contributed by atoms with E-state index in [0.717, 1.165) is 33.8 Å². The van der Waals surface area contributed by atoms with Crippen molar-refractivity contribution < 1.29 is 0 Å². The van der Waals surface area contributed by atoms with E-state index in [1.54, 1.807) is 0 Å². The Kier molecular flexibility index (Phi) is 12.9. The molecule has 0 amide bonds. The highest BCUT2D eigenvalue weighted by Crippen LogP contribution is 2.57. The summed E-state index contributed by atoms with van der Waals surface area (Å²) in [7, 11) is 0. The second-order valence-corrected chi connectivity index (χ2v) is 22.0. The van der Waals surface area contributed by atoms with Gasteiger partial charge in [0.1, 0.15) is 0 Å². The van der Waals surface area contributed by atoms with Gasteiger partial charge in [-0.15, -0.1) is 0 Å². The number of rotatable bonds is 12. The van der Waals surface area contributed by atoms with Crippen molar-refractivity contribution in [1.82, 2.24) is 0 Å². The summed E-state index contributed by atoms with van der Waals surface area (Å²) < 4.78 is 0. The first-order chi connectivity index (χ1) is 41.6. The number of fused-ring (bicyclic) bond motifs is 4. The fourth-order valence-corrected chi connectivity index (χ4v) is 13.0. The van der Waals surface area contributed by atoms with E-state index >= 15 is 0 Å². The SMILES string of the molecule is c1ccc(-c2cc(-c3ccccc3)cc(-c3ccc(N(c4ccc(-c5ccc(-c6cccc(-c7ccc8ccccc8c7)c6)cc5)cc4)c4ccc(-c5ccc6c(c5)C(c5ccccc5)(c5ccccc5)c5ccccc5-6)cc4)cc3)c2)cc1. The Labute approximate surface area is 492 Å². The number of anilines is 3. The molecule has 84 heavy (non-hydrogen) atoms. The molecule has 0 unspecified atom stereocenters. The number of nitrogens with zero attached hydrogens (tertiary/aromatic N) is 1. The third-order valence-electron chi connectivity index (χ3n) is 17.1. The highest BCUT2D eigenvalue weighted by Gasteiger charge is 2.46. The molecule has 394 valence electrons. The average Bonchev–Trinajstić information content (AvgIpc) is 1.68. The lowest BCUT2D eigenvalue weighted by Gasteiger charge is -2.34. The molecule has 0 aliphatic heterocycles. The topological polar surface area (TPSA) is 3.24 Å². The number of hydrogen-bond acceptors (Lipinski definition) is 1. The fourth-order valence-electron chi connectivity index (χ4n) is 13.0. The van der Waals surface area contributed by atoms with Crippen LogP contribution in [0.15, 0.2) is 346 Å². The zero-order valence-electron chi connectivity index (χ0n) is 46.4. The lowest BCUT2D eigenvalue weighted by Crippen LogP contribution is -2.28. The molecule has 1 nitrogen and oxygen atoms in total. The van der Waals surface area contributed by atoms with Crippen LogP contribution in [-0.4, -0.2) is 0 Å². The van der Waals surface area contributed by atoms with Gasteiger partial charge >= 0.3 is 0 Å². The highest BCUT2D eigenvalue weighted by molar-refractivity contribution is 5.91. The van der Waals surface area contributed by atoms with Gasteiger partial charge in [-0.05, 0) is 195 Å². The van der Waals surface area contributed by atoms with Crippen molar-refractivity contribution in [2.45, 2.75) is 5.41 Å². The minimum Gasteiger partial charge on any atom is -0.311 e. The van der Waals surface area contributed by atoms with Crippen LogP contribution in [0.1, 0.15) is 22.3 Å². The third-order valence-corrected chi connectivity index (χ3v) is 17.1. The van der Waals surface area contributed by atoms with Crippen LogP contribution in [0, 0.1) is 0 Å². The molecule has 1 heteroatoms. The summed E-state index contributed by atoms with van der Waals surface area (Å²) in [6.07, 6.45) is 0. The maximum absolute atomic E-state index is 2.45. The van der Waals surface area contributed by atoms with Gasteiger partial charge in [0.2, 0.25) is 0 Å². The average molecular weight is 1070 g/mol. The quantitative estimate of drug-likeness (QED) is 0.118. The van der Waals surface area contributed by atoms with Gasteiger partial charge in [-0.2, -0.15) is 0 Å². The van der Waals surface area contributed by atoms with Crippen molar-refractivity contribution in [3.05, 3.63) is 368 Å². The van der Waals surface area contributed by atoms with E-state index in [-0.39, 0.29) is 0 Å². The molecule has 15 rings (SSSR count). The summed E-state index contributed by atoms with van der Waals surface area (Å²) in [6.45, 7) is 0. The zero-order chi connectivity index (χ0) is 55.8. The van der Waals surface area contributed by atoms with Crippen LogP contribution in [0.5, 0.6) is 0 Å². The van der Waals surface area contributed by atoms with Gasteiger partial charge in [0.05, 0.1) is 5.41 Å². The van der Waals surface area contributed by atoms with Gasteiger partial charge in [0, 0.05) is 17.1 Å². The van der Waals surface area contributed by atoms with E-state index in [1.165, 1.54) is 105 Å². The molecule has 14 aromatic rings. The van der Waals surface area contributed by atoms with Crippen molar-refractivity contribution in [3.8, 4) is 89.0 Å². The molecule has 0 bridgehead atoms. The minimum atomic E-state index is -0.474. The highest BCUT2D eigenvalue weighted by atomic mass is 15.1. The Balaban J connectivity index is 0.786. The van der Waals surface area contributed by atoms with E-state index in [0.29, 0.717) is 0 Å². The van der Waals surface area contributed by atoms with Crippen LogP contribution >= 0.6 is 0 Å². The summed E-state index contributed by atoms with van der Waals surface area (Å²) in [5.41, 5.74) is 27.0. The molecule has 1 aliphatic carbocycles. The Morgan fingerprint density at radius 2 is 0.500 bits per heavy atom. The summed E-state index contributed by atoms with van der Waals surface area (Å²) in [4.78, 5) is 2.38. The first-order valence-corrected chi connectivity index (χ1v) is 29.0.